The van der Waals surface area contributed by atoms with Crippen LogP contribution >= 0.6 is 0 Å². The summed E-state index contributed by atoms with van der Waals surface area (Å²) in [5.41, 5.74) is 5.79. The van der Waals surface area contributed by atoms with Gasteiger partial charge in [-0.1, -0.05) is 0 Å². The van der Waals surface area contributed by atoms with Crippen molar-refractivity contribution in [1.82, 2.24) is 25.1 Å². The van der Waals surface area contributed by atoms with Gasteiger partial charge >= 0.3 is 0 Å². The molecule has 0 unspecified atom stereocenters. The molecule has 4 rings (SSSR count). The van der Waals surface area contributed by atoms with E-state index in [9.17, 15) is 0 Å². The van der Waals surface area contributed by atoms with E-state index in [1.165, 1.54) is 16.8 Å². The molecule has 3 aromatic rings. The molecule has 0 aliphatic carbocycles. The summed E-state index contributed by atoms with van der Waals surface area (Å²) >= 11 is 0. The van der Waals surface area contributed by atoms with Gasteiger partial charge in [0.2, 0.25) is 0 Å². The molecule has 0 saturated heterocycles. The number of hydrogen-bond acceptors (Lipinski definition) is 5. The van der Waals surface area contributed by atoms with Crippen molar-refractivity contribution in [3.8, 4) is 17.0 Å². The number of benzene rings is 1. The molecule has 1 aromatic carbocycles. The minimum Gasteiger partial charge on any atom is -0.497 e. The number of nitrogens with one attached hydrogen (secondary N) is 1. The van der Waals surface area contributed by atoms with Gasteiger partial charge in [-0.3, -0.25) is 10.00 Å². The van der Waals surface area contributed by atoms with Gasteiger partial charge in [-0.25, -0.2) is 9.97 Å². The van der Waals surface area contributed by atoms with Crippen LogP contribution < -0.4 is 4.74 Å². The summed E-state index contributed by atoms with van der Waals surface area (Å²) in [6.45, 7) is 4.67. The number of aromatic nitrogens is 4. The van der Waals surface area contributed by atoms with Gasteiger partial charge in [-0.05, 0) is 31.2 Å². The quantitative estimate of drug-likeness (QED) is 0.794. The van der Waals surface area contributed by atoms with Crippen LogP contribution in [0.15, 0.2) is 36.7 Å². The fourth-order valence-corrected chi connectivity index (χ4v) is 3.29. The molecule has 0 saturated carbocycles. The molecule has 1 aliphatic rings. The first-order chi connectivity index (χ1) is 12.2. The van der Waals surface area contributed by atoms with Gasteiger partial charge in [-0.15, -0.1) is 0 Å². The molecule has 0 bridgehead atoms. The Morgan fingerprint density at radius 2 is 2.04 bits per heavy atom. The van der Waals surface area contributed by atoms with Crippen LogP contribution in [0.3, 0.4) is 0 Å². The number of nitrogens with zero attached hydrogens (tertiary/aromatic N) is 4. The molecule has 6 heteroatoms. The second-order valence-corrected chi connectivity index (χ2v) is 6.35. The van der Waals surface area contributed by atoms with Crippen LogP contribution in [0.5, 0.6) is 5.75 Å². The Hall–Kier alpha value is -2.73. The summed E-state index contributed by atoms with van der Waals surface area (Å²) in [5.74, 6) is 1.71. The monoisotopic (exact) mass is 335 g/mol. The van der Waals surface area contributed by atoms with Crippen molar-refractivity contribution in [2.75, 3.05) is 13.7 Å². The number of rotatable bonds is 4. The molecule has 6 nitrogen and oxygen atoms in total. The zero-order chi connectivity index (χ0) is 17.2. The van der Waals surface area contributed by atoms with Crippen LogP contribution in [0.2, 0.25) is 0 Å². The molecular formula is C19H21N5O. The van der Waals surface area contributed by atoms with Gasteiger partial charge in [0.25, 0.3) is 0 Å². The molecule has 0 amide bonds. The molecule has 1 N–H and O–H groups in total. The van der Waals surface area contributed by atoms with Crippen molar-refractivity contribution < 1.29 is 4.74 Å². The lowest BCUT2D eigenvalue weighted by atomic mass is 10.0. The second kappa shape index (κ2) is 6.64. The van der Waals surface area contributed by atoms with Gasteiger partial charge < -0.3 is 4.74 Å². The van der Waals surface area contributed by atoms with E-state index < -0.39 is 0 Å². The summed E-state index contributed by atoms with van der Waals surface area (Å²) in [6.07, 6.45) is 4.85. The lowest BCUT2D eigenvalue weighted by Gasteiger charge is -2.27. The highest BCUT2D eigenvalue weighted by Crippen LogP contribution is 2.26. The molecule has 3 heterocycles. The minimum absolute atomic E-state index is 0.851. The van der Waals surface area contributed by atoms with Crippen LogP contribution in [0.4, 0.5) is 0 Å². The summed E-state index contributed by atoms with van der Waals surface area (Å²) < 4.78 is 5.23. The largest absolute Gasteiger partial charge is 0.497 e. The third kappa shape index (κ3) is 3.25. The fraction of sp³-hybridized carbons (Fsp3) is 0.316. The van der Waals surface area contributed by atoms with Crippen LogP contribution in [0, 0.1) is 6.92 Å². The number of H-pyrrole nitrogens is 1. The molecule has 0 atom stereocenters. The SMILES string of the molecule is COc1ccc(-c2[nH]ncc2CN2CCc3nc(C)ncc3C2)cc1. The number of methoxy groups -OCH3 is 1. The summed E-state index contributed by atoms with van der Waals surface area (Å²) in [4.78, 5) is 11.3. The van der Waals surface area contributed by atoms with E-state index in [-0.39, 0.29) is 0 Å². The highest BCUT2D eigenvalue weighted by molar-refractivity contribution is 5.63. The Bertz CT molecular complexity index is 872. The summed E-state index contributed by atoms with van der Waals surface area (Å²) in [6, 6.07) is 8.05. The van der Waals surface area contributed by atoms with Crippen LogP contribution in [-0.4, -0.2) is 38.7 Å². The predicted molar refractivity (Wildman–Crippen MR) is 95.2 cm³/mol. The topological polar surface area (TPSA) is 66.9 Å². The van der Waals surface area contributed by atoms with E-state index in [0.717, 1.165) is 48.9 Å². The van der Waals surface area contributed by atoms with Gasteiger partial charge in [0.15, 0.2) is 0 Å². The van der Waals surface area contributed by atoms with Crippen LogP contribution in [0.25, 0.3) is 11.3 Å². The van der Waals surface area contributed by atoms with Gasteiger partial charge in [-0.2, -0.15) is 5.10 Å². The van der Waals surface area contributed by atoms with Crippen molar-refractivity contribution in [3.05, 3.63) is 59.3 Å². The van der Waals surface area contributed by atoms with E-state index in [0.29, 0.717) is 0 Å². The number of aryl methyl sites for hydroxylation is 1. The van der Waals surface area contributed by atoms with Gasteiger partial charge in [0, 0.05) is 54.6 Å². The smallest absolute Gasteiger partial charge is 0.125 e. The molecular weight excluding hydrogens is 314 g/mol. The van der Waals surface area contributed by atoms with Crippen molar-refractivity contribution in [1.29, 1.82) is 0 Å². The normalized spacial score (nSPS) is 14.3. The number of aromatic amines is 1. The summed E-state index contributed by atoms with van der Waals surface area (Å²) in [5, 5.41) is 7.39. The predicted octanol–water partition coefficient (Wildman–Crippen LogP) is 2.74. The number of ether oxygens (including phenoxy) is 1. The van der Waals surface area contributed by atoms with Crippen LogP contribution in [-0.2, 0) is 19.5 Å². The molecule has 25 heavy (non-hydrogen) atoms. The maximum Gasteiger partial charge on any atom is 0.125 e. The molecule has 0 spiro atoms. The van der Waals surface area contributed by atoms with Crippen molar-refractivity contribution in [2.45, 2.75) is 26.4 Å². The lowest BCUT2D eigenvalue weighted by Crippen LogP contribution is -2.31. The molecule has 128 valence electrons. The van der Waals surface area contributed by atoms with Crippen molar-refractivity contribution in [3.63, 3.8) is 0 Å². The molecule has 0 radical (unpaired) electrons. The maximum absolute atomic E-state index is 5.23. The van der Waals surface area contributed by atoms with E-state index in [1.54, 1.807) is 7.11 Å². The van der Waals surface area contributed by atoms with E-state index in [4.69, 9.17) is 4.74 Å². The molecule has 2 aromatic heterocycles. The third-order valence-electron chi connectivity index (χ3n) is 4.62. The van der Waals surface area contributed by atoms with E-state index in [1.807, 2.05) is 31.5 Å². The first-order valence-electron chi connectivity index (χ1n) is 8.43. The van der Waals surface area contributed by atoms with Crippen LogP contribution in [0.1, 0.15) is 22.6 Å². The highest BCUT2D eigenvalue weighted by atomic mass is 16.5. The Morgan fingerprint density at radius 1 is 1.20 bits per heavy atom. The number of fused-ring (bicyclic) bond motifs is 1. The van der Waals surface area contributed by atoms with Crippen molar-refractivity contribution >= 4 is 0 Å². The fourth-order valence-electron chi connectivity index (χ4n) is 3.29. The molecule has 0 fully saturated rings. The Morgan fingerprint density at radius 3 is 2.84 bits per heavy atom. The van der Waals surface area contributed by atoms with E-state index >= 15 is 0 Å². The van der Waals surface area contributed by atoms with E-state index in [2.05, 4.69) is 37.2 Å². The zero-order valence-electron chi connectivity index (χ0n) is 14.5. The van der Waals surface area contributed by atoms with Crippen molar-refractivity contribution in [2.24, 2.45) is 0 Å². The van der Waals surface area contributed by atoms with Gasteiger partial charge in [0.05, 0.1) is 19.0 Å². The Labute approximate surface area is 146 Å². The standard InChI is InChI=1S/C19H21N5O/c1-13-20-9-15-11-24(8-7-18(15)22-13)12-16-10-21-23-19(16)14-3-5-17(25-2)6-4-14/h3-6,9-10H,7-8,11-12H2,1-2H3,(H,21,23). The Balaban J connectivity index is 1.52. The van der Waals surface area contributed by atoms with Gasteiger partial charge in [0.1, 0.15) is 11.6 Å². The zero-order valence-corrected chi connectivity index (χ0v) is 14.5. The average molecular weight is 335 g/mol. The number of hydrogen-bond donors (Lipinski definition) is 1. The summed E-state index contributed by atoms with van der Waals surface area (Å²) in [7, 11) is 1.68. The molecule has 1 aliphatic heterocycles. The second-order valence-electron chi connectivity index (χ2n) is 6.35. The maximum atomic E-state index is 5.23. The Kier molecular flexibility index (Phi) is 4.19. The first kappa shape index (κ1) is 15.8. The lowest BCUT2D eigenvalue weighted by molar-refractivity contribution is 0.243. The third-order valence-corrected chi connectivity index (χ3v) is 4.62. The minimum atomic E-state index is 0.851. The highest BCUT2D eigenvalue weighted by Gasteiger charge is 2.20. The average Bonchev–Trinajstić information content (AvgIpc) is 3.10. The first-order valence-corrected chi connectivity index (χ1v) is 8.43.